The molecule has 23 heavy (non-hydrogen) atoms. The van der Waals surface area contributed by atoms with E-state index in [4.69, 9.17) is 0 Å². The van der Waals surface area contributed by atoms with Crippen molar-refractivity contribution >= 4 is 34.2 Å². The smallest absolute Gasteiger partial charge is 0.227 e. The van der Waals surface area contributed by atoms with Crippen LogP contribution < -0.4 is 5.32 Å². The van der Waals surface area contributed by atoms with Crippen LogP contribution >= 0.6 is 28.3 Å². The number of nitrogens with zero attached hydrogens (tertiary/aromatic N) is 3. The Morgan fingerprint density at radius 1 is 1.39 bits per heavy atom. The fourth-order valence-electron chi connectivity index (χ4n) is 2.81. The molecule has 1 aliphatic rings. The zero-order chi connectivity index (χ0) is 15.5. The fraction of sp³-hybridized carbons (Fsp3) is 0.375. The van der Waals surface area contributed by atoms with Gasteiger partial charge in [0.05, 0.1) is 6.42 Å². The zero-order valence-corrected chi connectivity index (χ0v) is 15.3. The summed E-state index contributed by atoms with van der Waals surface area (Å²) in [6, 6.07) is 7.91. The van der Waals surface area contributed by atoms with E-state index in [1.807, 2.05) is 47.0 Å². The van der Waals surface area contributed by atoms with Gasteiger partial charge in [-0.05, 0) is 17.7 Å². The Morgan fingerprint density at radius 3 is 2.78 bits per heavy atom. The Balaban J connectivity index is 0.00000192. The van der Waals surface area contributed by atoms with Gasteiger partial charge in [-0.15, -0.1) is 12.4 Å². The molecule has 0 bridgehead atoms. The van der Waals surface area contributed by atoms with E-state index in [0.29, 0.717) is 13.0 Å². The van der Waals surface area contributed by atoms with Gasteiger partial charge in [0, 0.05) is 43.5 Å². The molecule has 7 heteroatoms. The van der Waals surface area contributed by atoms with Crippen molar-refractivity contribution in [1.82, 2.24) is 19.8 Å². The van der Waals surface area contributed by atoms with E-state index >= 15 is 0 Å². The SMILES string of the molecule is Cl.Cn1ccnc1C1CNCCN1C(=O)Cc1ccc(Br)cc1. The van der Waals surface area contributed by atoms with E-state index in [0.717, 1.165) is 29.0 Å². The number of amides is 1. The summed E-state index contributed by atoms with van der Waals surface area (Å²) in [7, 11) is 1.97. The van der Waals surface area contributed by atoms with Crippen LogP contribution in [0.25, 0.3) is 0 Å². The molecule has 1 amide bonds. The van der Waals surface area contributed by atoms with E-state index in [2.05, 4.69) is 26.2 Å². The Kier molecular flexibility index (Phi) is 6.21. The van der Waals surface area contributed by atoms with Crippen molar-refractivity contribution in [3.05, 3.63) is 52.5 Å². The summed E-state index contributed by atoms with van der Waals surface area (Å²) in [6.45, 7) is 2.29. The average Bonchev–Trinajstić information content (AvgIpc) is 2.95. The molecular weight excluding hydrogens is 380 g/mol. The van der Waals surface area contributed by atoms with Crippen molar-refractivity contribution in [2.75, 3.05) is 19.6 Å². The summed E-state index contributed by atoms with van der Waals surface area (Å²) in [4.78, 5) is 19.1. The third kappa shape index (κ3) is 4.13. The lowest BCUT2D eigenvalue weighted by atomic mass is 10.1. The van der Waals surface area contributed by atoms with Crippen molar-refractivity contribution in [2.24, 2.45) is 7.05 Å². The Morgan fingerprint density at radius 2 is 2.13 bits per heavy atom. The monoisotopic (exact) mass is 398 g/mol. The molecule has 1 aromatic carbocycles. The normalized spacial score (nSPS) is 17.7. The number of nitrogens with one attached hydrogen (secondary N) is 1. The number of hydrogen-bond acceptors (Lipinski definition) is 3. The summed E-state index contributed by atoms with van der Waals surface area (Å²) in [5, 5.41) is 3.35. The van der Waals surface area contributed by atoms with Crippen molar-refractivity contribution in [3.8, 4) is 0 Å². The van der Waals surface area contributed by atoms with E-state index in [9.17, 15) is 4.79 Å². The first-order chi connectivity index (χ1) is 10.6. The number of benzene rings is 1. The minimum absolute atomic E-state index is 0. The summed E-state index contributed by atoms with van der Waals surface area (Å²) >= 11 is 3.42. The topological polar surface area (TPSA) is 50.2 Å². The third-order valence-electron chi connectivity index (χ3n) is 3.99. The van der Waals surface area contributed by atoms with Crippen LogP contribution in [0.15, 0.2) is 41.1 Å². The molecule has 1 unspecified atom stereocenters. The summed E-state index contributed by atoms with van der Waals surface area (Å²) < 4.78 is 3.01. The van der Waals surface area contributed by atoms with Gasteiger partial charge >= 0.3 is 0 Å². The van der Waals surface area contributed by atoms with Crippen LogP contribution in [0.2, 0.25) is 0 Å². The Hall–Kier alpha value is -1.37. The highest BCUT2D eigenvalue weighted by molar-refractivity contribution is 9.10. The highest BCUT2D eigenvalue weighted by Gasteiger charge is 2.30. The lowest BCUT2D eigenvalue weighted by Gasteiger charge is -2.35. The van der Waals surface area contributed by atoms with Gasteiger partial charge < -0.3 is 14.8 Å². The van der Waals surface area contributed by atoms with E-state index < -0.39 is 0 Å². The first-order valence-corrected chi connectivity index (χ1v) is 8.16. The molecule has 0 radical (unpaired) electrons. The number of aryl methyl sites for hydroxylation is 1. The van der Waals surface area contributed by atoms with Gasteiger partial charge in [0.25, 0.3) is 0 Å². The van der Waals surface area contributed by atoms with Crippen LogP contribution in [0.4, 0.5) is 0 Å². The molecule has 3 rings (SSSR count). The maximum Gasteiger partial charge on any atom is 0.227 e. The van der Waals surface area contributed by atoms with Gasteiger partial charge in [-0.2, -0.15) is 0 Å². The highest BCUT2D eigenvalue weighted by atomic mass is 79.9. The first-order valence-electron chi connectivity index (χ1n) is 7.37. The van der Waals surface area contributed by atoms with Crippen molar-refractivity contribution in [3.63, 3.8) is 0 Å². The van der Waals surface area contributed by atoms with Gasteiger partial charge in [-0.3, -0.25) is 4.79 Å². The summed E-state index contributed by atoms with van der Waals surface area (Å²) in [6.07, 6.45) is 4.12. The molecule has 124 valence electrons. The predicted molar refractivity (Wildman–Crippen MR) is 95.6 cm³/mol. The molecule has 1 fully saturated rings. The minimum atomic E-state index is -0.00306. The molecule has 1 atom stereocenters. The van der Waals surface area contributed by atoms with Crippen molar-refractivity contribution in [1.29, 1.82) is 0 Å². The second kappa shape index (κ2) is 7.95. The number of halogens is 2. The quantitative estimate of drug-likeness (QED) is 0.862. The van der Waals surface area contributed by atoms with Crippen LogP contribution in [0, 0.1) is 0 Å². The first kappa shape index (κ1) is 18.0. The minimum Gasteiger partial charge on any atom is -0.336 e. The lowest BCUT2D eigenvalue weighted by Crippen LogP contribution is -2.49. The van der Waals surface area contributed by atoms with E-state index in [-0.39, 0.29) is 24.4 Å². The highest BCUT2D eigenvalue weighted by Crippen LogP contribution is 2.22. The summed E-state index contributed by atoms with van der Waals surface area (Å²) in [5.41, 5.74) is 1.03. The molecule has 0 spiro atoms. The van der Waals surface area contributed by atoms with Crippen molar-refractivity contribution < 1.29 is 4.79 Å². The number of rotatable bonds is 3. The average molecular weight is 400 g/mol. The molecule has 0 saturated carbocycles. The molecule has 0 aliphatic carbocycles. The fourth-order valence-corrected chi connectivity index (χ4v) is 3.07. The molecule has 2 heterocycles. The largest absolute Gasteiger partial charge is 0.336 e. The number of carbonyl (C=O) groups is 1. The van der Waals surface area contributed by atoms with Crippen LogP contribution in [-0.2, 0) is 18.3 Å². The molecule has 2 aromatic rings. The second-order valence-corrected chi connectivity index (χ2v) is 6.42. The molecule has 1 aliphatic heterocycles. The van der Waals surface area contributed by atoms with Gasteiger partial charge in [-0.25, -0.2) is 4.98 Å². The number of piperazine rings is 1. The number of hydrogen-bond donors (Lipinski definition) is 1. The standard InChI is InChI=1S/C16H19BrN4O.ClH/c1-20-8-7-19-16(20)14-11-18-6-9-21(14)15(22)10-12-2-4-13(17)5-3-12;/h2-5,7-8,14,18H,6,9-11H2,1H3;1H. The molecule has 1 saturated heterocycles. The lowest BCUT2D eigenvalue weighted by molar-refractivity contribution is -0.134. The molecule has 1 N–H and O–H groups in total. The maximum atomic E-state index is 12.7. The summed E-state index contributed by atoms with van der Waals surface area (Å²) in [5.74, 6) is 1.08. The van der Waals surface area contributed by atoms with Crippen molar-refractivity contribution in [2.45, 2.75) is 12.5 Å². The number of carbonyl (C=O) groups excluding carboxylic acids is 1. The Labute approximate surface area is 150 Å². The van der Waals surface area contributed by atoms with Gasteiger partial charge in [0.15, 0.2) is 0 Å². The molecular formula is C16H20BrClN4O. The van der Waals surface area contributed by atoms with Crippen LogP contribution in [0.3, 0.4) is 0 Å². The third-order valence-corrected chi connectivity index (χ3v) is 4.52. The van der Waals surface area contributed by atoms with Crippen LogP contribution in [0.5, 0.6) is 0 Å². The van der Waals surface area contributed by atoms with Gasteiger partial charge in [0.1, 0.15) is 11.9 Å². The van der Waals surface area contributed by atoms with Crippen LogP contribution in [0.1, 0.15) is 17.4 Å². The predicted octanol–water partition coefficient (Wildman–Crippen LogP) is 2.32. The Bertz CT molecular complexity index is 658. The molecule has 5 nitrogen and oxygen atoms in total. The van der Waals surface area contributed by atoms with Gasteiger partial charge in [-0.1, -0.05) is 28.1 Å². The maximum absolute atomic E-state index is 12.7. The molecule has 1 aromatic heterocycles. The number of aromatic nitrogens is 2. The number of imidazole rings is 1. The van der Waals surface area contributed by atoms with Gasteiger partial charge in [0.2, 0.25) is 5.91 Å². The second-order valence-electron chi connectivity index (χ2n) is 5.51. The van der Waals surface area contributed by atoms with E-state index in [1.54, 1.807) is 6.20 Å². The van der Waals surface area contributed by atoms with Crippen LogP contribution in [-0.4, -0.2) is 40.0 Å². The zero-order valence-electron chi connectivity index (χ0n) is 12.9. The van der Waals surface area contributed by atoms with E-state index in [1.165, 1.54) is 0 Å².